The third-order valence-corrected chi connectivity index (χ3v) is 6.30. The number of amides is 1. The molecule has 1 unspecified atom stereocenters. The molecule has 1 aromatic heterocycles. The molecule has 3 aromatic rings. The standard InChI is InChI=1S/C19H18BrN5OS/c1-12(18(26)24-11-10-13-6-2-5-9-16(13)24)27-19-23-22-17(25(19)21)14-7-3-4-8-15(14)20/h2-9,12H,10-11,21H2,1H3. The zero-order chi connectivity index (χ0) is 19.0. The summed E-state index contributed by atoms with van der Waals surface area (Å²) in [5.41, 5.74) is 3.06. The van der Waals surface area contributed by atoms with Crippen LogP contribution in [0.4, 0.5) is 5.69 Å². The molecule has 2 heterocycles. The van der Waals surface area contributed by atoms with Crippen molar-refractivity contribution in [3.8, 4) is 11.4 Å². The lowest BCUT2D eigenvalue weighted by molar-refractivity contribution is -0.117. The normalized spacial score (nSPS) is 14.2. The number of nitrogens with zero attached hydrogens (tertiary/aromatic N) is 4. The molecular weight excluding hydrogens is 426 g/mol. The lowest BCUT2D eigenvalue weighted by atomic mass is 10.2. The second-order valence-electron chi connectivity index (χ2n) is 6.28. The molecule has 0 spiro atoms. The largest absolute Gasteiger partial charge is 0.335 e. The Hall–Kier alpha value is -2.32. The summed E-state index contributed by atoms with van der Waals surface area (Å²) < 4.78 is 2.32. The number of fused-ring (bicyclic) bond motifs is 1. The van der Waals surface area contributed by atoms with Crippen LogP contribution in [0.15, 0.2) is 58.2 Å². The molecule has 0 fully saturated rings. The zero-order valence-corrected chi connectivity index (χ0v) is 17.1. The molecule has 138 valence electrons. The lowest BCUT2D eigenvalue weighted by Gasteiger charge is -2.21. The molecular formula is C19H18BrN5OS. The van der Waals surface area contributed by atoms with Crippen LogP contribution in [-0.4, -0.2) is 32.6 Å². The van der Waals surface area contributed by atoms with E-state index in [0.717, 1.165) is 22.1 Å². The average Bonchev–Trinajstić information content (AvgIpc) is 3.26. The van der Waals surface area contributed by atoms with Crippen molar-refractivity contribution < 1.29 is 4.79 Å². The SMILES string of the molecule is CC(Sc1nnc(-c2ccccc2Br)n1N)C(=O)N1CCc2ccccc21. The maximum atomic E-state index is 13.0. The Labute approximate surface area is 169 Å². The molecule has 1 amide bonds. The molecule has 0 saturated carbocycles. The first-order valence-corrected chi connectivity index (χ1v) is 10.2. The van der Waals surface area contributed by atoms with Gasteiger partial charge in [-0.15, -0.1) is 10.2 Å². The number of halogens is 1. The van der Waals surface area contributed by atoms with Crippen molar-refractivity contribution in [3.05, 3.63) is 58.6 Å². The van der Waals surface area contributed by atoms with Crippen molar-refractivity contribution in [1.82, 2.24) is 14.9 Å². The van der Waals surface area contributed by atoms with Gasteiger partial charge < -0.3 is 10.7 Å². The van der Waals surface area contributed by atoms with E-state index in [1.165, 1.54) is 22.0 Å². The first-order chi connectivity index (χ1) is 13.1. The summed E-state index contributed by atoms with van der Waals surface area (Å²) >= 11 is 4.83. The number of thioether (sulfide) groups is 1. The number of benzene rings is 2. The number of anilines is 1. The smallest absolute Gasteiger partial charge is 0.240 e. The van der Waals surface area contributed by atoms with Crippen molar-refractivity contribution >= 4 is 39.3 Å². The summed E-state index contributed by atoms with van der Waals surface area (Å²) in [4.78, 5) is 14.8. The maximum Gasteiger partial charge on any atom is 0.240 e. The van der Waals surface area contributed by atoms with E-state index in [9.17, 15) is 4.79 Å². The zero-order valence-electron chi connectivity index (χ0n) is 14.7. The van der Waals surface area contributed by atoms with Crippen LogP contribution in [0, 0.1) is 0 Å². The minimum Gasteiger partial charge on any atom is -0.335 e. The van der Waals surface area contributed by atoms with Crippen LogP contribution in [0.2, 0.25) is 0 Å². The number of nitrogen functional groups attached to an aromatic ring is 1. The van der Waals surface area contributed by atoms with Gasteiger partial charge in [0.25, 0.3) is 0 Å². The Morgan fingerprint density at radius 2 is 1.93 bits per heavy atom. The summed E-state index contributed by atoms with van der Waals surface area (Å²) in [6.07, 6.45) is 0.887. The van der Waals surface area contributed by atoms with Gasteiger partial charge in [-0.05, 0) is 37.1 Å². The third-order valence-electron chi connectivity index (χ3n) is 4.56. The molecule has 0 aliphatic carbocycles. The molecule has 1 atom stereocenters. The van der Waals surface area contributed by atoms with Crippen molar-refractivity contribution in [1.29, 1.82) is 0 Å². The fraction of sp³-hybridized carbons (Fsp3) is 0.211. The van der Waals surface area contributed by atoms with E-state index in [4.69, 9.17) is 5.84 Å². The quantitative estimate of drug-likeness (QED) is 0.493. The predicted octanol–water partition coefficient (Wildman–Crippen LogP) is 3.49. The van der Waals surface area contributed by atoms with Crippen LogP contribution < -0.4 is 10.7 Å². The molecule has 2 N–H and O–H groups in total. The summed E-state index contributed by atoms with van der Waals surface area (Å²) in [7, 11) is 0. The Balaban J connectivity index is 1.53. The number of hydrogen-bond donors (Lipinski definition) is 1. The molecule has 27 heavy (non-hydrogen) atoms. The number of para-hydroxylation sites is 1. The predicted molar refractivity (Wildman–Crippen MR) is 111 cm³/mol. The van der Waals surface area contributed by atoms with Crippen molar-refractivity contribution in [3.63, 3.8) is 0 Å². The number of hydrogen-bond acceptors (Lipinski definition) is 5. The minimum absolute atomic E-state index is 0.0513. The highest BCUT2D eigenvalue weighted by molar-refractivity contribution is 9.10. The first-order valence-electron chi connectivity index (χ1n) is 8.57. The van der Waals surface area contributed by atoms with E-state index in [1.807, 2.05) is 54.3 Å². The second-order valence-corrected chi connectivity index (χ2v) is 8.45. The van der Waals surface area contributed by atoms with Gasteiger partial charge >= 0.3 is 0 Å². The second kappa shape index (κ2) is 7.36. The highest BCUT2D eigenvalue weighted by Gasteiger charge is 2.29. The van der Waals surface area contributed by atoms with Crippen LogP contribution in [0.5, 0.6) is 0 Å². The van der Waals surface area contributed by atoms with Crippen LogP contribution in [0.1, 0.15) is 12.5 Å². The van der Waals surface area contributed by atoms with Gasteiger partial charge in [0.05, 0.1) is 5.25 Å². The molecule has 1 aliphatic rings. The van der Waals surface area contributed by atoms with Gasteiger partial charge in [-0.1, -0.05) is 58.0 Å². The molecule has 2 aromatic carbocycles. The molecule has 4 rings (SSSR count). The number of nitrogens with two attached hydrogens (primary N) is 1. The van der Waals surface area contributed by atoms with Gasteiger partial charge in [0.2, 0.25) is 11.1 Å². The molecule has 0 saturated heterocycles. The van der Waals surface area contributed by atoms with Crippen molar-refractivity contribution in [2.45, 2.75) is 23.8 Å². The van der Waals surface area contributed by atoms with Gasteiger partial charge in [-0.2, -0.15) is 0 Å². The molecule has 8 heteroatoms. The molecule has 6 nitrogen and oxygen atoms in total. The van der Waals surface area contributed by atoms with Crippen LogP contribution >= 0.6 is 27.7 Å². The fourth-order valence-corrected chi connectivity index (χ4v) is 4.47. The van der Waals surface area contributed by atoms with E-state index in [-0.39, 0.29) is 11.2 Å². The van der Waals surface area contributed by atoms with E-state index in [1.54, 1.807) is 0 Å². The molecule has 0 bridgehead atoms. The van der Waals surface area contributed by atoms with Crippen LogP contribution in [-0.2, 0) is 11.2 Å². The summed E-state index contributed by atoms with van der Waals surface area (Å²) in [5, 5.41) is 8.57. The highest BCUT2D eigenvalue weighted by Crippen LogP contribution is 2.32. The van der Waals surface area contributed by atoms with Gasteiger partial charge in [0, 0.05) is 22.3 Å². The van der Waals surface area contributed by atoms with E-state index in [0.29, 0.717) is 17.5 Å². The number of rotatable bonds is 4. The van der Waals surface area contributed by atoms with Crippen molar-refractivity contribution in [2.75, 3.05) is 17.3 Å². The Morgan fingerprint density at radius 3 is 2.74 bits per heavy atom. The Bertz CT molecular complexity index is 1010. The average molecular weight is 444 g/mol. The van der Waals surface area contributed by atoms with Crippen LogP contribution in [0.25, 0.3) is 11.4 Å². The van der Waals surface area contributed by atoms with Gasteiger partial charge in [-0.25, -0.2) is 4.68 Å². The van der Waals surface area contributed by atoms with E-state index < -0.39 is 0 Å². The van der Waals surface area contributed by atoms with Crippen molar-refractivity contribution in [2.24, 2.45) is 0 Å². The van der Waals surface area contributed by atoms with E-state index >= 15 is 0 Å². The summed E-state index contributed by atoms with van der Waals surface area (Å²) in [6.45, 7) is 2.58. The van der Waals surface area contributed by atoms with Gasteiger partial charge in [0.15, 0.2) is 5.82 Å². The number of carbonyl (C=O) groups is 1. The molecule has 1 aliphatic heterocycles. The fourth-order valence-electron chi connectivity index (χ4n) is 3.18. The summed E-state index contributed by atoms with van der Waals surface area (Å²) in [5.74, 6) is 6.81. The Kier molecular flexibility index (Phi) is 4.92. The first kappa shape index (κ1) is 18.1. The monoisotopic (exact) mass is 443 g/mol. The van der Waals surface area contributed by atoms with Gasteiger partial charge in [-0.3, -0.25) is 4.79 Å². The Morgan fingerprint density at radius 1 is 1.19 bits per heavy atom. The number of carbonyl (C=O) groups excluding carboxylic acids is 1. The van der Waals surface area contributed by atoms with Gasteiger partial charge in [0.1, 0.15) is 0 Å². The molecule has 0 radical (unpaired) electrons. The van der Waals surface area contributed by atoms with E-state index in [2.05, 4.69) is 32.2 Å². The topological polar surface area (TPSA) is 77.0 Å². The lowest BCUT2D eigenvalue weighted by Crippen LogP contribution is -2.35. The maximum absolute atomic E-state index is 13.0. The number of aromatic nitrogens is 3. The minimum atomic E-state index is -0.324. The van der Waals surface area contributed by atoms with Crippen LogP contribution in [0.3, 0.4) is 0 Å². The third kappa shape index (κ3) is 3.35. The summed E-state index contributed by atoms with van der Waals surface area (Å²) in [6, 6.07) is 15.7. The highest BCUT2D eigenvalue weighted by atomic mass is 79.9.